The van der Waals surface area contributed by atoms with Gasteiger partial charge in [0.15, 0.2) is 11.6 Å². The molecule has 4 saturated heterocycles. The number of hydrogen-bond donors (Lipinski definition) is 1. The molecule has 1 N–H and O–H groups in total. The molecular formula is C62H71BF10N16NaO11. The number of hydrogen-bond acceptors (Lipinski definition) is 23. The SMILES string of the molecule is C=O.CC(=O)OOC(C)=O.CC(=O)[O-].[B].[C-]#[N+]C[C@H]1CN(c2nc(OC[C@@H]3C[C@@H](F)CN3)nc3c2CCN(c2cncc(F)c2C(F)(F)F)C3)CCN1C(=O)C=C.[C-]#[N+]C[C@H]1CN(c2nc(OC[C@@H]3C[C@@H](F)CN3C)nc3c2CCN(c2cncc(F)c2C(F)(F)F)C3)CCN1C(=O)C=C.[Na+]. The number of carbonyl (C=O) groups excluding carboxylic acids is 6. The molecule has 101 heavy (non-hydrogen) atoms. The molecule has 6 atom stereocenters. The summed E-state index contributed by atoms with van der Waals surface area (Å²) in [5, 5.41) is 11.9. The number of halogens is 10. The maximum Gasteiger partial charge on any atom is 1.00 e. The van der Waals surface area contributed by atoms with Crippen LogP contribution in [0.25, 0.3) is 9.69 Å². The van der Waals surface area contributed by atoms with Gasteiger partial charge in [-0.3, -0.25) is 24.5 Å². The quantitative estimate of drug-likeness (QED) is 0.0463. The number of carbonyl (C=O) groups is 6. The van der Waals surface area contributed by atoms with E-state index in [0.29, 0.717) is 72.7 Å². The number of carboxylic acid groups (broad SMARTS) is 1. The van der Waals surface area contributed by atoms with E-state index in [9.17, 15) is 63.1 Å². The summed E-state index contributed by atoms with van der Waals surface area (Å²) >= 11 is 0. The van der Waals surface area contributed by atoms with E-state index in [-0.39, 0.29) is 178 Å². The standard InChI is InChI=1S/C28H31F5N8O2.C27H29F5N8O2.C4H6O4.C2H4O2.CH2O.B.Na/c1-4-24(42)41-8-7-40(14-19(41)10-34-2)26-20-5-6-39(23-12-35-11-21(30)25(23)28(31,32)33)15-22(20)36-27(37-26)43-16-18-9-17(29)13-38(18)3;1-3-23(41)40-7-6-39(13-18(40)10-33-2)25-19-4-5-38(22-12-34-11-20(29)24(22)27(30,31)32)14-21(19)36-26(37-25)42-15-17-8-16(28)9-35-17;1-3(5)7-8-4(2)6;1-2(3)4;1-2;;/h4,11-12,17-19H,1,5-10,13-16H2,3H3;3,11-12,16-18,35H,1,4-10,13-15H2;1-2H3;1H3,(H,3,4);1H2;;/q;;;;;;+1/p-1/t17-,18+,19+;16-,17+,18+;;;;;/m11...../s1. The van der Waals surface area contributed by atoms with Crippen LogP contribution in [0.5, 0.6) is 12.0 Å². The second kappa shape index (κ2) is 38.7. The molecule has 3 radical (unpaired) electrons. The van der Waals surface area contributed by atoms with E-state index in [1.807, 2.05) is 21.5 Å². The zero-order valence-corrected chi connectivity index (χ0v) is 57.7. The third-order valence-corrected chi connectivity index (χ3v) is 16.0. The van der Waals surface area contributed by atoms with Crippen LogP contribution in [0.2, 0.25) is 0 Å². The fraction of sp³-hybridized carbons (Fsp3) is 0.516. The van der Waals surface area contributed by atoms with Gasteiger partial charge in [0.25, 0.3) is 0 Å². The van der Waals surface area contributed by atoms with Crippen LogP contribution >= 0.6 is 0 Å². The summed E-state index contributed by atoms with van der Waals surface area (Å²) in [6, 6.07) is -1.40. The molecule has 0 aromatic carbocycles. The van der Waals surface area contributed by atoms with Gasteiger partial charge in [-0.1, -0.05) is 13.2 Å². The number of nitrogens with one attached hydrogen (secondary N) is 1. The van der Waals surface area contributed by atoms with E-state index < -0.39 is 88.8 Å². The number of likely N-dealkylation sites (N-methyl/N-ethyl adjacent to an activating group) is 1. The van der Waals surface area contributed by atoms with E-state index in [1.54, 1.807) is 16.8 Å². The predicted molar refractivity (Wildman–Crippen MR) is 336 cm³/mol. The van der Waals surface area contributed by atoms with E-state index in [0.717, 1.165) is 33.2 Å². The van der Waals surface area contributed by atoms with Crippen molar-refractivity contribution in [2.24, 2.45) is 0 Å². The molecular weight excluding hydrogens is 1370 g/mol. The molecule has 0 bridgehead atoms. The van der Waals surface area contributed by atoms with Crippen molar-refractivity contribution < 1.29 is 127 Å². The first kappa shape index (κ1) is 84.4. The number of carboxylic acids is 1. The average Bonchev–Trinajstić information content (AvgIpc) is 1.73. The smallest absolute Gasteiger partial charge is 0.550 e. The van der Waals surface area contributed by atoms with Crippen molar-refractivity contribution in [3.05, 3.63) is 118 Å². The van der Waals surface area contributed by atoms with Crippen LogP contribution in [0.3, 0.4) is 0 Å². The first-order valence-corrected chi connectivity index (χ1v) is 30.5. The summed E-state index contributed by atoms with van der Waals surface area (Å²) < 4.78 is 151. The van der Waals surface area contributed by atoms with Gasteiger partial charge >= 0.3 is 65.9 Å². The minimum absolute atomic E-state index is 0. The molecule has 0 unspecified atom stereocenters. The number of amides is 2. The van der Waals surface area contributed by atoms with Gasteiger partial charge in [0, 0.05) is 117 Å². The van der Waals surface area contributed by atoms with Crippen LogP contribution in [0.4, 0.5) is 66.9 Å². The van der Waals surface area contributed by atoms with Crippen molar-refractivity contribution in [3.63, 3.8) is 0 Å². The van der Waals surface area contributed by atoms with Crippen LogP contribution in [0.1, 0.15) is 67.3 Å². The Balaban J connectivity index is 0.000000355. The van der Waals surface area contributed by atoms with Gasteiger partial charge < -0.3 is 68.6 Å². The van der Waals surface area contributed by atoms with Crippen LogP contribution < -0.4 is 69.1 Å². The van der Waals surface area contributed by atoms with E-state index in [1.165, 1.54) is 22.0 Å². The summed E-state index contributed by atoms with van der Waals surface area (Å²) in [6.45, 7) is 29.9. The topological polar surface area (TPSA) is 283 Å². The molecule has 6 aliphatic heterocycles. The molecule has 27 nitrogen and oxygen atoms in total. The minimum Gasteiger partial charge on any atom is -0.550 e. The number of aromatic nitrogens is 6. The predicted octanol–water partition coefficient (Wildman–Crippen LogP) is 1.15. The Labute approximate surface area is 598 Å². The zero-order chi connectivity index (χ0) is 73.1. The van der Waals surface area contributed by atoms with Crippen molar-refractivity contribution in [1.82, 2.24) is 49.9 Å². The molecule has 6 aliphatic rings. The van der Waals surface area contributed by atoms with Crippen LogP contribution in [0, 0.1) is 24.8 Å². The Hall–Kier alpha value is -8.98. The third kappa shape index (κ3) is 23.0. The maximum atomic E-state index is 14.3. The number of pyridine rings is 2. The minimum atomic E-state index is -4.93. The number of nitrogens with zero attached hydrogens (tertiary/aromatic N) is 15. The first-order valence-electron chi connectivity index (χ1n) is 30.5. The number of piperazine rings is 2. The molecule has 2 amide bonds. The molecule has 4 fully saturated rings. The van der Waals surface area contributed by atoms with Crippen molar-refractivity contribution in [1.29, 1.82) is 0 Å². The van der Waals surface area contributed by atoms with Crippen molar-refractivity contribution >= 4 is 67.9 Å². The number of anilines is 4. The molecule has 0 spiro atoms. The molecule has 10 heterocycles. The molecule has 539 valence electrons. The second-order valence-corrected chi connectivity index (χ2v) is 22.9. The van der Waals surface area contributed by atoms with E-state index >= 15 is 0 Å². The van der Waals surface area contributed by atoms with Gasteiger partial charge in [0.05, 0.1) is 60.6 Å². The summed E-state index contributed by atoms with van der Waals surface area (Å²) in [7, 11) is 1.79. The number of rotatable bonds is 14. The van der Waals surface area contributed by atoms with Gasteiger partial charge in [-0.15, -0.1) is 0 Å². The molecule has 4 aromatic rings. The van der Waals surface area contributed by atoms with Crippen molar-refractivity contribution in [2.45, 2.75) is 108 Å². The summed E-state index contributed by atoms with van der Waals surface area (Å²) in [5.74, 6) is -4.87. The largest absolute Gasteiger partial charge is 1.00 e. The maximum absolute atomic E-state index is 14.3. The van der Waals surface area contributed by atoms with Gasteiger partial charge in [0.1, 0.15) is 67.2 Å². The zero-order valence-electron chi connectivity index (χ0n) is 55.7. The number of alkyl halides is 8. The molecule has 4 aromatic heterocycles. The van der Waals surface area contributed by atoms with E-state index in [4.69, 9.17) is 37.3 Å². The Morgan fingerprint density at radius 1 is 0.634 bits per heavy atom. The van der Waals surface area contributed by atoms with Gasteiger partial charge in [-0.05, 0) is 51.8 Å². The number of likely N-dealkylation sites (tertiary alicyclic amines) is 1. The normalized spacial score (nSPS) is 19.9. The summed E-state index contributed by atoms with van der Waals surface area (Å²) in [4.78, 5) is 113. The second-order valence-electron chi connectivity index (χ2n) is 22.9. The summed E-state index contributed by atoms with van der Waals surface area (Å²) in [6.07, 6.45) is -5.36. The fourth-order valence-corrected chi connectivity index (χ4v) is 11.7. The van der Waals surface area contributed by atoms with Gasteiger partial charge in [0.2, 0.25) is 24.9 Å². The number of ether oxygens (including phenoxy) is 2. The van der Waals surface area contributed by atoms with Gasteiger partial charge in [-0.2, -0.15) is 46.3 Å². The molecule has 0 aliphatic carbocycles. The monoisotopic (exact) mass is 1440 g/mol. The van der Waals surface area contributed by atoms with E-state index in [2.05, 4.69) is 67.8 Å². The Morgan fingerprint density at radius 3 is 1.40 bits per heavy atom. The van der Waals surface area contributed by atoms with Crippen molar-refractivity contribution in [3.8, 4) is 12.0 Å². The molecule has 39 heteroatoms. The van der Waals surface area contributed by atoms with Crippen molar-refractivity contribution in [2.75, 3.05) is 118 Å². The number of aliphatic carboxylic acids is 1. The molecule has 10 rings (SSSR count). The molecule has 0 saturated carbocycles. The van der Waals surface area contributed by atoms with Crippen LogP contribution in [-0.2, 0) is 76.8 Å². The number of fused-ring (bicyclic) bond motifs is 2. The Morgan fingerprint density at radius 2 is 1.05 bits per heavy atom. The van der Waals surface area contributed by atoms with Gasteiger partial charge in [-0.25, -0.2) is 50.1 Å². The first-order chi connectivity index (χ1) is 46.9. The van der Waals surface area contributed by atoms with Crippen LogP contribution in [0.15, 0.2) is 50.1 Å². The third-order valence-electron chi connectivity index (χ3n) is 16.0. The average molecular weight is 1440 g/mol. The Kier molecular flexibility index (Phi) is 32.4. The fourth-order valence-electron chi connectivity index (χ4n) is 11.7. The Bertz CT molecular complexity index is 3620. The summed E-state index contributed by atoms with van der Waals surface area (Å²) in [5.41, 5.74) is -1.41. The van der Waals surface area contributed by atoms with Crippen LogP contribution in [-0.4, -0.2) is 225 Å².